The summed E-state index contributed by atoms with van der Waals surface area (Å²) in [5.41, 5.74) is -0.0140. The maximum atomic E-state index is 11.7. The first kappa shape index (κ1) is 16.7. The van der Waals surface area contributed by atoms with Crippen molar-refractivity contribution in [2.24, 2.45) is 5.41 Å². The minimum Gasteiger partial charge on any atom is -0.488 e. The van der Waals surface area contributed by atoms with Gasteiger partial charge in [-0.1, -0.05) is 20.8 Å². The third-order valence-corrected chi connectivity index (χ3v) is 3.82. The summed E-state index contributed by atoms with van der Waals surface area (Å²) in [6.07, 6.45) is 4.23. The van der Waals surface area contributed by atoms with Gasteiger partial charge in [-0.15, -0.1) is 0 Å². The molecule has 0 heterocycles. The van der Waals surface area contributed by atoms with Crippen molar-refractivity contribution < 1.29 is 14.3 Å². The lowest BCUT2D eigenvalue weighted by Crippen LogP contribution is -2.34. The standard InChI is InChI=1S/C18H27NO3/c1-17(2,3)13-19-16(20)21-14-7-9-15(10-8-14)22-18(4)11-5-6-12-18/h7-10H,5-6,11-13H2,1-4H3,(H,19,20). The number of ether oxygens (including phenoxy) is 2. The van der Waals surface area contributed by atoms with Gasteiger partial charge in [0, 0.05) is 6.54 Å². The molecule has 4 nitrogen and oxygen atoms in total. The predicted molar refractivity (Wildman–Crippen MR) is 87.4 cm³/mol. The third-order valence-electron chi connectivity index (χ3n) is 3.82. The first-order valence-corrected chi connectivity index (χ1v) is 8.01. The third kappa shape index (κ3) is 5.24. The molecule has 1 saturated carbocycles. The zero-order chi connectivity index (χ0) is 16.2. The summed E-state index contributed by atoms with van der Waals surface area (Å²) in [6.45, 7) is 8.91. The van der Waals surface area contributed by atoms with E-state index >= 15 is 0 Å². The normalized spacial score (nSPS) is 17.1. The molecule has 1 aliphatic rings. The van der Waals surface area contributed by atoms with E-state index in [2.05, 4.69) is 33.0 Å². The highest BCUT2D eigenvalue weighted by Gasteiger charge is 2.30. The molecule has 0 radical (unpaired) electrons. The molecular weight excluding hydrogens is 278 g/mol. The Kier molecular flexibility index (Phi) is 4.99. The zero-order valence-electron chi connectivity index (χ0n) is 14.1. The van der Waals surface area contributed by atoms with E-state index in [9.17, 15) is 4.79 Å². The van der Waals surface area contributed by atoms with Crippen LogP contribution in [0, 0.1) is 5.41 Å². The molecule has 0 aromatic heterocycles. The van der Waals surface area contributed by atoms with Gasteiger partial charge in [0.2, 0.25) is 0 Å². The first-order chi connectivity index (χ1) is 10.3. The highest BCUT2D eigenvalue weighted by atomic mass is 16.6. The highest BCUT2D eigenvalue weighted by Crippen LogP contribution is 2.34. The van der Waals surface area contributed by atoms with Crippen LogP contribution in [-0.2, 0) is 0 Å². The van der Waals surface area contributed by atoms with Crippen molar-refractivity contribution in [3.8, 4) is 11.5 Å². The lowest BCUT2D eigenvalue weighted by molar-refractivity contribution is 0.0967. The second-order valence-corrected chi connectivity index (χ2v) is 7.53. The monoisotopic (exact) mass is 305 g/mol. The molecule has 0 aliphatic heterocycles. The minimum absolute atomic E-state index is 0.0352. The van der Waals surface area contributed by atoms with Gasteiger partial charge in [0.25, 0.3) is 0 Å². The summed E-state index contributed by atoms with van der Waals surface area (Å²) in [5.74, 6) is 1.35. The summed E-state index contributed by atoms with van der Waals surface area (Å²) >= 11 is 0. The molecule has 0 spiro atoms. The number of hydrogen-bond acceptors (Lipinski definition) is 3. The van der Waals surface area contributed by atoms with E-state index < -0.39 is 6.09 Å². The van der Waals surface area contributed by atoms with E-state index in [1.165, 1.54) is 12.8 Å². The van der Waals surface area contributed by atoms with Gasteiger partial charge in [0.15, 0.2) is 0 Å². The number of carbonyl (C=O) groups is 1. The number of amides is 1. The van der Waals surface area contributed by atoms with Crippen LogP contribution in [0.5, 0.6) is 11.5 Å². The molecule has 1 aromatic rings. The quantitative estimate of drug-likeness (QED) is 0.889. The van der Waals surface area contributed by atoms with Gasteiger partial charge in [-0.25, -0.2) is 4.79 Å². The van der Waals surface area contributed by atoms with Gasteiger partial charge in [0.1, 0.15) is 17.1 Å². The lowest BCUT2D eigenvalue weighted by atomic mass is 9.97. The van der Waals surface area contributed by atoms with Gasteiger partial charge in [-0.3, -0.25) is 0 Å². The second-order valence-electron chi connectivity index (χ2n) is 7.53. The van der Waals surface area contributed by atoms with Crippen molar-refractivity contribution >= 4 is 6.09 Å². The van der Waals surface area contributed by atoms with Gasteiger partial charge in [0.05, 0.1) is 0 Å². The van der Waals surface area contributed by atoms with Crippen LogP contribution in [0.4, 0.5) is 4.79 Å². The maximum absolute atomic E-state index is 11.7. The summed E-state index contributed by atoms with van der Waals surface area (Å²) < 4.78 is 11.3. The van der Waals surface area contributed by atoms with Gasteiger partial charge in [-0.05, 0) is 62.3 Å². The Labute approximate surface area is 133 Å². The number of carbonyl (C=O) groups excluding carboxylic acids is 1. The van der Waals surface area contributed by atoms with Crippen molar-refractivity contribution in [3.63, 3.8) is 0 Å². The molecule has 0 saturated heterocycles. The highest BCUT2D eigenvalue weighted by molar-refractivity contribution is 5.70. The van der Waals surface area contributed by atoms with Crippen LogP contribution < -0.4 is 14.8 Å². The summed E-state index contributed by atoms with van der Waals surface area (Å²) in [7, 11) is 0. The molecule has 1 fully saturated rings. The van der Waals surface area contributed by atoms with Crippen molar-refractivity contribution in [1.82, 2.24) is 5.32 Å². The van der Waals surface area contributed by atoms with Crippen molar-refractivity contribution in [2.75, 3.05) is 6.54 Å². The average molecular weight is 305 g/mol. The number of hydrogen-bond donors (Lipinski definition) is 1. The molecule has 0 unspecified atom stereocenters. The molecular formula is C18H27NO3. The molecule has 4 heteroatoms. The Morgan fingerprint density at radius 2 is 1.68 bits per heavy atom. The second kappa shape index (κ2) is 6.59. The van der Waals surface area contributed by atoms with Crippen LogP contribution >= 0.6 is 0 Å². The van der Waals surface area contributed by atoms with E-state index in [0.29, 0.717) is 12.3 Å². The molecule has 1 N–H and O–H groups in total. The topological polar surface area (TPSA) is 47.6 Å². The number of nitrogens with one attached hydrogen (secondary N) is 1. The Balaban J connectivity index is 1.85. The Morgan fingerprint density at radius 3 is 2.23 bits per heavy atom. The van der Waals surface area contributed by atoms with Crippen molar-refractivity contribution in [3.05, 3.63) is 24.3 Å². The minimum atomic E-state index is -0.425. The Bertz CT molecular complexity index is 496. The van der Waals surface area contributed by atoms with E-state index in [1.54, 1.807) is 12.1 Å². The van der Waals surface area contributed by atoms with Crippen LogP contribution in [0.25, 0.3) is 0 Å². The summed E-state index contributed by atoms with van der Waals surface area (Å²) in [4.78, 5) is 11.7. The van der Waals surface area contributed by atoms with E-state index in [4.69, 9.17) is 9.47 Å². The molecule has 22 heavy (non-hydrogen) atoms. The van der Waals surface area contributed by atoms with Gasteiger partial charge >= 0.3 is 6.09 Å². The average Bonchev–Trinajstić information content (AvgIpc) is 2.85. The van der Waals surface area contributed by atoms with Crippen LogP contribution in [0.2, 0.25) is 0 Å². The Hall–Kier alpha value is -1.71. The van der Waals surface area contributed by atoms with Gasteiger partial charge < -0.3 is 14.8 Å². The van der Waals surface area contributed by atoms with Crippen LogP contribution in [0.3, 0.4) is 0 Å². The SMILES string of the molecule is CC(C)(C)CNC(=O)Oc1ccc(OC2(C)CCCC2)cc1. The molecule has 0 bridgehead atoms. The summed E-state index contributed by atoms with van der Waals surface area (Å²) in [5, 5.41) is 2.76. The largest absolute Gasteiger partial charge is 0.488 e. The van der Waals surface area contributed by atoms with Crippen molar-refractivity contribution in [2.45, 2.75) is 59.0 Å². The number of rotatable bonds is 4. The lowest BCUT2D eigenvalue weighted by Gasteiger charge is -2.25. The molecule has 122 valence electrons. The molecule has 0 atom stereocenters. The smallest absolute Gasteiger partial charge is 0.412 e. The van der Waals surface area contributed by atoms with E-state index in [-0.39, 0.29) is 11.0 Å². The van der Waals surface area contributed by atoms with Gasteiger partial charge in [-0.2, -0.15) is 0 Å². The first-order valence-electron chi connectivity index (χ1n) is 8.01. The fourth-order valence-electron chi connectivity index (χ4n) is 2.57. The van der Waals surface area contributed by atoms with Crippen LogP contribution in [0.15, 0.2) is 24.3 Å². The predicted octanol–water partition coefficient (Wildman–Crippen LogP) is 4.53. The maximum Gasteiger partial charge on any atom is 0.412 e. The molecule has 1 amide bonds. The fraction of sp³-hybridized carbons (Fsp3) is 0.611. The molecule has 1 aromatic carbocycles. The molecule has 2 rings (SSSR count). The van der Waals surface area contributed by atoms with E-state index in [0.717, 1.165) is 18.6 Å². The van der Waals surface area contributed by atoms with Crippen molar-refractivity contribution in [1.29, 1.82) is 0 Å². The van der Waals surface area contributed by atoms with E-state index in [1.807, 2.05) is 12.1 Å². The molecule has 1 aliphatic carbocycles. The number of benzene rings is 1. The van der Waals surface area contributed by atoms with Crippen LogP contribution in [0.1, 0.15) is 53.4 Å². The summed E-state index contributed by atoms with van der Waals surface area (Å²) in [6, 6.07) is 7.25. The fourth-order valence-corrected chi connectivity index (χ4v) is 2.57. The zero-order valence-corrected chi connectivity index (χ0v) is 14.1. The van der Waals surface area contributed by atoms with Crippen LogP contribution in [-0.4, -0.2) is 18.2 Å². The Morgan fingerprint density at radius 1 is 1.14 bits per heavy atom.